The minimum absolute atomic E-state index is 0.0807. The molecule has 0 aliphatic rings. The number of nitrogens with two attached hydrogens (primary N) is 1. The second-order valence-corrected chi connectivity index (χ2v) is 7.29. The highest BCUT2D eigenvalue weighted by atomic mass is 35.5. The molecule has 0 aliphatic carbocycles. The molecule has 5 nitrogen and oxygen atoms in total. The van der Waals surface area contributed by atoms with E-state index in [0.717, 1.165) is 18.5 Å². The van der Waals surface area contributed by atoms with Gasteiger partial charge in [-0.3, -0.25) is 4.79 Å². The average Bonchev–Trinajstić information content (AvgIpc) is 2.67. The molecule has 0 spiro atoms. The summed E-state index contributed by atoms with van der Waals surface area (Å²) in [6, 6.07) is 14.1. The predicted octanol–water partition coefficient (Wildman–Crippen LogP) is 2.95. The molecule has 2 rings (SSSR count). The lowest BCUT2D eigenvalue weighted by Crippen LogP contribution is -2.86. The Morgan fingerprint density at radius 2 is 1.86 bits per heavy atom. The first kappa shape index (κ1) is 22.1. The van der Waals surface area contributed by atoms with E-state index in [0.29, 0.717) is 35.7 Å². The fourth-order valence-electron chi connectivity index (χ4n) is 2.66. The molecule has 0 radical (unpaired) electrons. The Morgan fingerprint density at radius 3 is 2.54 bits per heavy atom. The van der Waals surface area contributed by atoms with Gasteiger partial charge in [0.1, 0.15) is 6.54 Å². The lowest BCUT2D eigenvalue weighted by atomic mass is 10.1. The van der Waals surface area contributed by atoms with Crippen LogP contribution in [0.1, 0.15) is 31.9 Å². The summed E-state index contributed by atoms with van der Waals surface area (Å²) in [5.74, 6) is 0.918. The fraction of sp³-hybridized carbons (Fsp3) is 0.409. The van der Waals surface area contributed by atoms with Crippen LogP contribution in [0.2, 0.25) is 5.02 Å². The maximum absolute atomic E-state index is 12.1. The third-order valence-electron chi connectivity index (χ3n) is 4.16. The number of carbonyl (C=O) groups excluding carboxylic acids is 1. The summed E-state index contributed by atoms with van der Waals surface area (Å²) in [5.41, 5.74) is 2.17. The largest absolute Gasteiger partial charge is 0.490 e. The lowest BCUT2D eigenvalue weighted by molar-refractivity contribution is -0.698. The van der Waals surface area contributed by atoms with Crippen molar-refractivity contribution < 1.29 is 19.6 Å². The van der Waals surface area contributed by atoms with Crippen molar-refractivity contribution in [1.82, 2.24) is 5.32 Å². The van der Waals surface area contributed by atoms with Crippen LogP contribution in [0.15, 0.2) is 42.5 Å². The van der Waals surface area contributed by atoms with Crippen LogP contribution in [0.5, 0.6) is 11.5 Å². The van der Waals surface area contributed by atoms with Gasteiger partial charge in [-0.1, -0.05) is 41.9 Å². The Hall–Kier alpha value is -2.24. The fourth-order valence-corrected chi connectivity index (χ4v) is 2.89. The summed E-state index contributed by atoms with van der Waals surface area (Å²) >= 11 is 6.40. The van der Waals surface area contributed by atoms with Crippen molar-refractivity contribution in [1.29, 1.82) is 0 Å². The Morgan fingerprint density at radius 1 is 1.14 bits per heavy atom. The maximum Gasteiger partial charge on any atom is 0.257 e. The van der Waals surface area contributed by atoms with E-state index in [4.69, 9.17) is 21.1 Å². The van der Waals surface area contributed by atoms with Gasteiger partial charge in [0.15, 0.2) is 18.1 Å². The third kappa shape index (κ3) is 7.41. The summed E-state index contributed by atoms with van der Waals surface area (Å²) in [6.45, 7) is 7.93. The molecule has 0 atom stereocenters. The number of benzene rings is 2. The zero-order valence-electron chi connectivity index (χ0n) is 16.8. The van der Waals surface area contributed by atoms with Crippen molar-refractivity contribution in [3.63, 3.8) is 0 Å². The van der Waals surface area contributed by atoms with Crippen LogP contribution >= 0.6 is 11.6 Å². The zero-order chi connectivity index (χ0) is 20.4. The second kappa shape index (κ2) is 11.6. The number of ether oxygens (including phenoxy) is 2. The second-order valence-electron chi connectivity index (χ2n) is 6.88. The van der Waals surface area contributed by atoms with Gasteiger partial charge in [-0.2, -0.15) is 0 Å². The highest BCUT2D eigenvalue weighted by Crippen LogP contribution is 2.33. The van der Waals surface area contributed by atoms with Crippen LogP contribution in [0.4, 0.5) is 0 Å². The van der Waals surface area contributed by atoms with E-state index < -0.39 is 0 Å². The van der Waals surface area contributed by atoms with E-state index >= 15 is 0 Å². The Labute approximate surface area is 172 Å². The Kier molecular flexibility index (Phi) is 9.11. The van der Waals surface area contributed by atoms with Crippen molar-refractivity contribution in [2.45, 2.75) is 39.8 Å². The quantitative estimate of drug-likeness (QED) is 0.604. The van der Waals surface area contributed by atoms with Crippen LogP contribution in [0, 0.1) is 0 Å². The summed E-state index contributed by atoms with van der Waals surface area (Å²) in [5, 5.41) is 5.67. The van der Waals surface area contributed by atoms with Crippen LogP contribution < -0.4 is 20.1 Å². The Balaban J connectivity index is 1.90. The van der Waals surface area contributed by atoms with Gasteiger partial charge in [0, 0.05) is 18.2 Å². The number of halogens is 1. The molecule has 2 aromatic rings. The van der Waals surface area contributed by atoms with Gasteiger partial charge in [0.2, 0.25) is 0 Å². The monoisotopic (exact) mass is 405 g/mol. The number of amides is 1. The Bertz CT molecular complexity index is 751. The van der Waals surface area contributed by atoms with Crippen LogP contribution in [-0.2, 0) is 17.8 Å². The molecule has 28 heavy (non-hydrogen) atoms. The van der Waals surface area contributed by atoms with Gasteiger partial charge in [0.05, 0.1) is 17.7 Å². The molecule has 0 aliphatic heterocycles. The van der Waals surface area contributed by atoms with Gasteiger partial charge in [0.25, 0.3) is 5.91 Å². The maximum atomic E-state index is 12.1. The molecule has 0 bridgehead atoms. The summed E-state index contributed by atoms with van der Waals surface area (Å²) in [4.78, 5) is 12.1. The first-order valence-electron chi connectivity index (χ1n) is 9.71. The highest BCUT2D eigenvalue weighted by Gasteiger charge is 2.14. The van der Waals surface area contributed by atoms with Crippen molar-refractivity contribution in [2.75, 3.05) is 19.8 Å². The summed E-state index contributed by atoms with van der Waals surface area (Å²) in [6.07, 6.45) is 0.781. The normalized spacial score (nSPS) is 10.8. The number of hydrogen-bond donors (Lipinski definition) is 2. The minimum Gasteiger partial charge on any atom is -0.490 e. The number of nitrogens with one attached hydrogen (secondary N) is 1. The highest BCUT2D eigenvalue weighted by molar-refractivity contribution is 6.31. The van der Waals surface area contributed by atoms with Gasteiger partial charge in [-0.05, 0) is 38.8 Å². The van der Waals surface area contributed by atoms with Crippen molar-refractivity contribution in [3.05, 3.63) is 58.6 Å². The topological polar surface area (TPSA) is 64.2 Å². The molecule has 0 unspecified atom stereocenters. The molecule has 0 saturated heterocycles. The molecular weight excluding hydrogens is 376 g/mol. The van der Waals surface area contributed by atoms with E-state index in [2.05, 4.69) is 24.5 Å². The molecule has 152 valence electrons. The molecule has 0 fully saturated rings. The molecule has 0 saturated carbocycles. The average molecular weight is 406 g/mol. The first-order valence-corrected chi connectivity index (χ1v) is 10.1. The summed E-state index contributed by atoms with van der Waals surface area (Å²) < 4.78 is 11.4. The van der Waals surface area contributed by atoms with Crippen LogP contribution in [-0.4, -0.2) is 31.7 Å². The van der Waals surface area contributed by atoms with Crippen molar-refractivity contribution in [2.24, 2.45) is 0 Å². The molecule has 6 heteroatoms. The van der Waals surface area contributed by atoms with E-state index in [-0.39, 0.29) is 12.5 Å². The smallest absolute Gasteiger partial charge is 0.257 e. The van der Waals surface area contributed by atoms with Gasteiger partial charge in [-0.15, -0.1) is 0 Å². The molecule has 3 N–H and O–H groups in total. The molecule has 1 amide bonds. The van der Waals surface area contributed by atoms with E-state index in [1.165, 1.54) is 5.56 Å². The lowest BCUT2D eigenvalue weighted by Gasteiger charge is -2.15. The molecule has 0 heterocycles. The minimum atomic E-state index is -0.174. The molecular formula is C22H30ClN2O3+. The van der Waals surface area contributed by atoms with E-state index in [9.17, 15) is 4.79 Å². The van der Waals surface area contributed by atoms with E-state index in [1.807, 2.05) is 43.3 Å². The predicted molar refractivity (Wildman–Crippen MR) is 112 cm³/mol. The SMILES string of the molecule is CCOc1cc(C[NH2+]C(C)C)c(Cl)cc1OCC(=O)NCCc1ccccc1. The summed E-state index contributed by atoms with van der Waals surface area (Å²) in [7, 11) is 0. The third-order valence-corrected chi connectivity index (χ3v) is 4.51. The molecule has 2 aromatic carbocycles. The van der Waals surface area contributed by atoms with E-state index in [1.54, 1.807) is 6.07 Å². The van der Waals surface area contributed by atoms with Crippen molar-refractivity contribution >= 4 is 17.5 Å². The van der Waals surface area contributed by atoms with Crippen LogP contribution in [0.3, 0.4) is 0 Å². The van der Waals surface area contributed by atoms with Crippen molar-refractivity contribution in [3.8, 4) is 11.5 Å². The zero-order valence-corrected chi connectivity index (χ0v) is 17.6. The standard InChI is InChI=1S/C22H29ClN2O3/c1-4-27-20-12-18(14-25-16(2)3)19(23)13-21(20)28-15-22(26)24-11-10-17-8-6-5-7-9-17/h5-9,12-13,16,25H,4,10-11,14-15H2,1-3H3,(H,24,26)/p+1. The van der Waals surface area contributed by atoms with Gasteiger partial charge >= 0.3 is 0 Å². The number of hydrogen-bond acceptors (Lipinski definition) is 3. The number of carbonyl (C=O) groups is 1. The molecule has 0 aromatic heterocycles. The van der Waals surface area contributed by atoms with Crippen LogP contribution in [0.25, 0.3) is 0 Å². The van der Waals surface area contributed by atoms with Gasteiger partial charge in [-0.25, -0.2) is 0 Å². The number of quaternary nitrogens is 1. The first-order chi connectivity index (χ1) is 13.5. The number of rotatable bonds is 11. The van der Waals surface area contributed by atoms with Gasteiger partial charge < -0.3 is 20.1 Å².